The summed E-state index contributed by atoms with van der Waals surface area (Å²) in [5.74, 6) is 0.509. The van der Waals surface area contributed by atoms with Crippen molar-refractivity contribution in [1.29, 1.82) is 0 Å². The van der Waals surface area contributed by atoms with Gasteiger partial charge in [0.2, 0.25) is 0 Å². The molecular weight excluding hydrogens is 218 g/mol. The molecule has 1 saturated heterocycles. The Bertz CT molecular complexity index is 514. The maximum atomic E-state index is 4.49. The Morgan fingerprint density at radius 3 is 2.75 bits per heavy atom. The molecule has 3 rings (SSSR count). The van der Waals surface area contributed by atoms with Crippen LogP contribution in [-0.2, 0) is 0 Å². The second kappa shape index (κ2) is 3.70. The predicted octanol–water partition coefficient (Wildman–Crippen LogP) is 3.02. The molecule has 2 aromatic heterocycles. The largest absolute Gasteiger partial charge is 0.369 e. The number of hydrogen-bond donors (Lipinski definition) is 0. The van der Waals surface area contributed by atoms with E-state index in [1.54, 1.807) is 11.3 Å². The van der Waals surface area contributed by atoms with Crippen molar-refractivity contribution in [2.24, 2.45) is 0 Å². The Kier molecular flexibility index (Phi) is 2.32. The molecule has 0 aromatic carbocycles. The minimum Gasteiger partial charge on any atom is -0.369 e. The molecule has 1 fully saturated rings. The van der Waals surface area contributed by atoms with E-state index in [4.69, 9.17) is 0 Å². The third-order valence-electron chi connectivity index (χ3n) is 3.16. The van der Waals surface area contributed by atoms with Crippen molar-refractivity contribution in [3.8, 4) is 0 Å². The average molecular weight is 233 g/mol. The van der Waals surface area contributed by atoms with Gasteiger partial charge in [-0.3, -0.25) is 0 Å². The number of nitrogens with zero attached hydrogens (tertiary/aromatic N) is 3. The zero-order chi connectivity index (χ0) is 11.1. The summed E-state index contributed by atoms with van der Waals surface area (Å²) in [5, 5.41) is 0. The lowest BCUT2D eigenvalue weighted by Gasteiger charge is -2.35. The van der Waals surface area contributed by atoms with E-state index in [-0.39, 0.29) is 0 Å². The summed E-state index contributed by atoms with van der Waals surface area (Å²) in [7, 11) is 0. The van der Waals surface area contributed by atoms with Gasteiger partial charge in [-0.25, -0.2) is 9.97 Å². The summed E-state index contributed by atoms with van der Waals surface area (Å²) >= 11 is 1.62. The van der Waals surface area contributed by atoms with Gasteiger partial charge in [0.1, 0.15) is 10.3 Å². The number of anilines is 1. The summed E-state index contributed by atoms with van der Waals surface area (Å²) < 4.78 is 0. The molecule has 4 heteroatoms. The van der Waals surface area contributed by atoms with Crippen LogP contribution in [-0.4, -0.2) is 23.1 Å². The first kappa shape index (κ1) is 10.0. The SMILES string of the molecule is CC(C)c1cnc2scnc2c1N1CCC1. The zero-order valence-electron chi connectivity index (χ0n) is 9.60. The molecule has 0 amide bonds. The van der Waals surface area contributed by atoms with Gasteiger partial charge in [-0.15, -0.1) is 11.3 Å². The van der Waals surface area contributed by atoms with Crippen LogP contribution in [0.5, 0.6) is 0 Å². The third kappa shape index (κ3) is 1.40. The molecule has 0 saturated carbocycles. The molecule has 0 aliphatic carbocycles. The van der Waals surface area contributed by atoms with Crippen molar-refractivity contribution in [2.75, 3.05) is 18.0 Å². The number of pyridine rings is 1. The van der Waals surface area contributed by atoms with Crippen LogP contribution in [0.4, 0.5) is 5.69 Å². The third-order valence-corrected chi connectivity index (χ3v) is 3.89. The topological polar surface area (TPSA) is 29.0 Å². The number of rotatable bonds is 2. The summed E-state index contributed by atoms with van der Waals surface area (Å²) in [4.78, 5) is 12.5. The average Bonchev–Trinajstić information content (AvgIpc) is 2.62. The molecule has 0 N–H and O–H groups in total. The molecule has 3 nitrogen and oxygen atoms in total. The van der Waals surface area contributed by atoms with E-state index in [9.17, 15) is 0 Å². The summed E-state index contributed by atoms with van der Waals surface area (Å²) in [6.07, 6.45) is 3.32. The van der Waals surface area contributed by atoms with E-state index in [1.807, 2.05) is 11.7 Å². The monoisotopic (exact) mass is 233 g/mol. The summed E-state index contributed by atoms with van der Waals surface area (Å²) in [6, 6.07) is 0. The Hall–Kier alpha value is -1.16. The van der Waals surface area contributed by atoms with Gasteiger partial charge in [0, 0.05) is 19.3 Å². The number of aromatic nitrogens is 2. The number of hydrogen-bond acceptors (Lipinski definition) is 4. The van der Waals surface area contributed by atoms with Gasteiger partial charge in [0.25, 0.3) is 0 Å². The highest BCUT2D eigenvalue weighted by atomic mass is 32.1. The standard InChI is InChI=1S/C12H15N3S/c1-8(2)9-6-13-12-10(14-7-16-12)11(9)15-4-3-5-15/h6-8H,3-5H2,1-2H3. The minimum atomic E-state index is 0.509. The minimum absolute atomic E-state index is 0.509. The van der Waals surface area contributed by atoms with E-state index in [0.717, 1.165) is 23.4 Å². The quantitative estimate of drug-likeness (QED) is 0.798. The lowest BCUT2D eigenvalue weighted by Crippen LogP contribution is -2.38. The first-order chi connectivity index (χ1) is 7.77. The Labute approximate surface area is 99.1 Å². The molecule has 16 heavy (non-hydrogen) atoms. The van der Waals surface area contributed by atoms with Gasteiger partial charge in [0.15, 0.2) is 0 Å². The van der Waals surface area contributed by atoms with E-state index in [2.05, 4.69) is 28.7 Å². The lowest BCUT2D eigenvalue weighted by molar-refractivity contribution is 0.614. The predicted molar refractivity (Wildman–Crippen MR) is 68.3 cm³/mol. The first-order valence-corrected chi connectivity index (χ1v) is 6.62. The first-order valence-electron chi connectivity index (χ1n) is 5.74. The molecule has 0 atom stereocenters. The lowest BCUT2D eigenvalue weighted by atomic mass is 10.0. The van der Waals surface area contributed by atoms with E-state index in [0.29, 0.717) is 5.92 Å². The van der Waals surface area contributed by atoms with Gasteiger partial charge in [0.05, 0.1) is 11.2 Å². The summed E-state index contributed by atoms with van der Waals surface area (Å²) in [5.41, 5.74) is 5.65. The van der Waals surface area contributed by atoms with Gasteiger partial charge in [-0.1, -0.05) is 13.8 Å². The highest BCUT2D eigenvalue weighted by molar-refractivity contribution is 7.16. The van der Waals surface area contributed by atoms with Crippen molar-refractivity contribution in [1.82, 2.24) is 9.97 Å². The van der Waals surface area contributed by atoms with Crippen LogP contribution in [0.1, 0.15) is 31.7 Å². The summed E-state index contributed by atoms with van der Waals surface area (Å²) in [6.45, 7) is 6.77. The van der Waals surface area contributed by atoms with Gasteiger partial charge in [-0.05, 0) is 17.9 Å². The second-order valence-corrected chi connectivity index (χ2v) is 5.40. The smallest absolute Gasteiger partial charge is 0.145 e. The Morgan fingerprint density at radius 2 is 2.12 bits per heavy atom. The van der Waals surface area contributed by atoms with Gasteiger partial charge in [-0.2, -0.15) is 0 Å². The van der Waals surface area contributed by atoms with Gasteiger partial charge >= 0.3 is 0 Å². The molecule has 1 aliphatic heterocycles. The van der Waals surface area contributed by atoms with Crippen molar-refractivity contribution in [2.45, 2.75) is 26.2 Å². The molecule has 1 aliphatic rings. The van der Waals surface area contributed by atoms with Crippen LogP contribution in [0.25, 0.3) is 10.3 Å². The number of thiazole rings is 1. The maximum Gasteiger partial charge on any atom is 0.145 e. The van der Waals surface area contributed by atoms with E-state index in [1.165, 1.54) is 17.7 Å². The van der Waals surface area contributed by atoms with E-state index < -0.39 is 0 Å². The fourth-order valence-electron chi connectivity index (χ4n) is 2.11. The van der Waals surface area contributed by atoms with E-state index >= 15 is 0 Å². The molecule has 2 aromatic rings. The van der Waals surface area contributed by atoms with Crippen LogP contribution in [0.2, 0.25) is 0 Å². The van der Waals surface area contributed by atoms with Crippen LogP contribution in [0.15, 0.2) is 11.7 Å². The molecule has 84 valence electrons. The Balaban J connectivity index is 2.23. The number of fused-ring (bicyclic) bond motifs is 1. The van der Waals surface area contributed by atoms with Gasteiger partial charge < -0.3 is 4.90 Å². The zero-order valence-corrected chi connectivity index (χ0v) is 10.4. The fourth-order valence-corrected chi connectivity index (χ4v) is 2.75. The van der Waals surface area contributed by atoms with Crippen LogP contribution in [0.3, 0.4) is 0 Å². The maximum absolute atomic E-state index is 4.49. The highest BCUT2D eigenvalue weighted by Gasteiger charge is 2.23. The fraction of sp³-hybridized carbons (Fsp3) is 0.500. The molecule has 3 heterocycles. The van der Waals surface area contributed by atoms with Crippen LogP contribution >= 0.6 is 11.3 Å². The molecule has 0 spiro atoms. The normalized spacial score (nSPS) is 15.8. The molecular formula is C12H15N3S. The molecule has 0 unspecified atom stereocenters. The highest BCUT2D eigenvalue weighted by Crippen LogP contribution is 2.36. The van der Waals surface area contributed by atoms with Crippen LogP contribution in [0, 0.1) is 0 Å². The second-order valence-electron chi connectivity index (χ2n) is 4.56. The van der Waals surface area contributed by atoms with Crippen LogP contribution < -0.4 is 4.90 Å². The van der Waals surface area contributed by atoms with Crippen molar-refractivity contribution >= 4 is 27.4 Å². The van der Waals surface area contributed by atoms with Crippen molar-refractivity contribution in [3.63, 3.8) is 0 Å². The Morgan fingerprint density at radius 1 is 1.31 bits per heavy atom. The molecule has 0 bridgehead atoms. The van der Waals surface area contributed by atoms with Crippen molar-refractivity contribution in [3.05, 3.63) is 17.3 Å². The van der Waals surface area contributed by atoms with Crippen molar-refractivity contribution < 1.29 is 0 Å². The molecule has 0 radical (unpaired) electrons.